The van der Waals surface area contributed by atoms with Crippen molar-refractivity contribution in [2.75, 3.05) is 0 Å². The summed E-state index contributed by atoms with van der Waals surface area (Å²) in [5.74, 6) is -1.07. The Morgan fingerprint density at radius 3 is 2.62 bits per heavy atom. The van der Waals surface area contributed by atoms with Crippen LogP contribution in [0.4, 0.5) is 0 Å². The zero-order valence-corrected chi connectivity index (χ0v) is 8.58. The van der Waals surface area contributed by atoms with E-state index < -0.39 is 5.97 Å². The molecule has 0 radical (unpaired) electrons. The molecule has 0 spiro atoms. The van der Waals surface area contributed by atoms with E-state index in [0.717, 1.165) is 0 Å². The van der Waals surface area contributed by atoms with Gasteiger partial charge in [0.2, 0.25) is 0 Å². The lowest BCUT2D eigenvalue weighted by Gasteiger charge is -2.02. The van der Waals surface area contributed by atoms with E-state index in [9.17, 15) is 4.79 Å². The van der Waals surface area contributed by atoms with Crippen LogP contribution in [0.1, 0.15) is 16.1 Å². The fraction of sp³-hybridized carbons (Fsp3) is 0.0909. The van der Waals surface area contributed by atoms with Crippen LogP contribution >= 0.6 is 0 Å². The van der Waals surface area contributed by atoms with Gasteiger partial charge in [-0.15, -0.1) is 10.2 Å². The Labute approximate surface area is 91.8 Å². The predicted molar refractivity (Wildman–Crippen MR) is 57.0 cm³/mol. The topological polar surface area (TPSA) is 76.0 Å². The first-order valence-corrected chi connectivity index (χ1v) is 4.67. The molecule has 0 unspecified atom stereocenters. The minimum absolute atomic E-state index is 0.0281. The largest absolute Gasteiger partial charge is 0.476 e. The second-order valence-electron chi connectivity index (χ2n) is 3.28. The fourth-order valence-corrected chi connectivity index (χ4v) is 1.34. The van der Waals surface area contributed by atoms with Gasteiger partial charge in [-0.25, -0.2) is 4.79 Å². The van der Waals surface area contributed by atoms with Gasteiger partial charge in [0.15, 0.2) is 5.69 Å². The maximum absolute atomic E-state index is 10.8. The maximum Gasteiger partial charge on any atom is 0.356 e. The van der Waals surface area contributed by atoms with E-state index in [4.69, 9.17) is 5.11 Å². The van der Waals surface area contributed by atoms with Crippen LogP contribution in [0.15, 0.2) is 30.5 Å². The van der Waals surface area contributed by atoms with Gasteiger partial charge >= 0.3 is 5.97 Å². The number of hydrogen-bond donors (Lipinski definition) is 1. The highest BCUT2D eigenvalue weighted by Gasteiger charge is 2.11. The SMILES string of the molecule is Cc1cc(-c2ccccn2)nnc1C(=O)O. The minimum Gasteiger partial charge on any atom is -0.476 e. The molecule has 16 heavy (non-hydrogen) atoms. The molecule has 0 aromatic carbocycles. The molecule has 2 rings (SSSR count). The van der Waals surface area contributed by atoms with Crippen molar-refractivity contribution in [2.24, 2.45) is 0 Å². The normalized spacial score (nSPS) is 10.1. The summed E-state index contributed by atoms with van der Waals surface area (Å²) in [7, 11) is 0. The Hall–Kier alpha value is -2.30. The molecule has 0 atom stereocenters. The number of rotatable bonds is 2. The number of hydrogen-bond acceptors (Lipinski definition) is 4. The van der Waals surface area contributed by atoms with Gasteiger partial charge in [0.05, 0.1) is 5.69 Å². The summed E-state index contributed by atoms with van der Waals surface area (Å²) < 4.78 is 0. The Bertz CT molecular complexity index is 526. The zero-order valence-electron chi connectivity index (χ0n) is 8.58. The molecular weight excluding hydrogens is 206 g/mol. The number of carboxylic acid groups (broad SMARTS) is 1. The highest BCUT2D eigenvalue weighted by molar-refractivity contribution is 5.87. The summed E-state index contributed by atoms with van der Waals surface area (Å²) >= 11 is 0. The van der Waals surface area contributed by atoms with Crippen LogP contribution in [-0.4, -0.2) is 26.3 Å². The molecule has 2 heterocycles. The average molecular weight is 215 g/mol. The molecule has 0 amide bonds. The van der Waals surface area contributed by atoms with Crippen LogP contribution in [0.5, 0.6) is 0 Å². The van der Waals surface area contributed by atoms with Crippen LogP contribution in [0, 0.1) is 6.92 Å². The van der Waals surface area contributed by atoms with Crippen LogP contribution in [0.2, 0.25) is 0 Å². The smallest absolute Gasteiger partial charge is 0.356 e. The zero-order chi connectivity index (χ0) is 11.5. The number of nitrogens with zero attached hydrogens (tertiary/aromatic N) is 3. The lowest BCUT2D eigenvalue weighted by atomic mass is 10.2. The molecular formula is C11H9N3O2. The third kappa shape index (κ3) is 1.88. The highest BCUT2D eigenvalue weighted by atomic mass is 16.4. The van der Waals surface area contributed by atoms with Gasteiger partial charge in [0.25, 0.3) is 0 Å². The minimum atomic E-state index is -1.07. The predicted octanol–water partition coefficient (Wildman–Crippen LogP) is 1.55. The number of carbonyl (C=O) groups is 1. The second-order valence-corrected chi connectivity index (χ2v) is 3.28. The van der Waals surface area contributed by atoms with E-state index in [1.807, 2.05) is 6.07 Å². The number of aryl methyl sites for hydroxylation is 1. The molecule has 5 heteroatoms. The Balaban J connectivity index is 2.46. The number of pyridine rings is 1. The van der Waals surface area contributed by atoms with Gasteiger partial charge in [-0.3, -0.25) is 4.98 Å². The Morgan fingerprint density at radius 2 is 2.06 bits per heavy atom. The molecule has 0 saturated carbocycles. The third-order valence-electron chi connectivity index (χ3n) is 2.11. The number of aromatic nitrogens is 3. The third-order valence-corrected chi connectivity index (χ3v) is 2.11. The van der Waals surface area contributed by atoms with E-state index in [0.29, 0.717) is 17.0 Å². The van der Waals surface area contributed by atoms with Crippen molar-refractivity contribution < 1.29 is 9.90 Å². The molecule has 0 aliphatic carbocycles. The highest BCUT2D eigenvalue weighted by Crippen LogP contribution is 2.15. The molecule has 0 fully saturated rings. The standard InChI is InChI=1S/C11H9N3O2/c1-7-6-9(8-4-2-3-5-12-8)13-14-10(7)11(15)16/h2-6H,1H3,(H,15,16). The summed E-state index contributed by atoms with van der Waals surface area (Å²) in [6.07, 6.45) is 1.65. The van der Waals surface area contributed by atoms with E-state index in [2.05, 4.69) is 15.2 Å². The molecule has 2 aromatic heterocycles. The van der Waals surface area contributed by atoms with Crippen molar-refractivity contribution in [3.05, 3.63) is 41.7 Å². The average Bonchev–Trinajstić information content (AvgIpc) is 2.29. The first-order chi connectivity index (χ1) is 7.68. The van der Waals surface area contributed by atoms with E-state index >= 15 is 0 Å². The fourth-order valence-electron chi connectivity index (χ4n) is 1.34. The summed E-state index contributed by atoms with van der Waals surface area (Å²) in [4.78, 5) is 14.9. The first kappa shape index (κ1) is 10.2. The molecule has 5 nitrogen and oxygen atoms in total. The lowest BCUT2D eigenvalue weighted by molar-refractivity contribution is 0.0688. The van der Waals surface area contributed by atoms with E-state index in [1.165, 1.54) is 0 Å². The summed E-state index contributed by atoms with van der Waals surface area (Å²) in [6, 6.07) is 7.10. The molecule has 0 saturated heterocycles. The van der Waals surface area contributed by atoms with Gasteiger partial charge < -0.3 is 5.11 Å². The molecule has 1 N–H and O–H groups in total. The molecule has 2 aromatic rings. The van der Waals surface area contributed by atoms with Gasteiger partial charge in [0.1, 0.15) is 5.69 Å². The molecule has 0 aliphatic rings. The van der Waals surface area contributed by atoms with Crippen molar-refractivity contribution in [1.82, 2.24) is 15.2 Å². The van der Waals surface area contributed by atoms with Crippen LogP contribution in [-0.2, 0) is 0 Å². The second kappa shape index (κ2) is 4.06. The Kier molecular flexibility index (Phi) is 2.59. The van der Waals surface area contributed by atoms with Crippen molar-refractivity contribution >= 4 is 5.97 Å². The van der Waals surface area contributed by atoms with Gasteiger partial charge in [0, 0.05) is 6.20 Å². The van der Waals surface area contributed by atoms with Crippen molar-refractivity contribution in [3.8, 4) is 11.4 Å². The summed E-state index contributed by atoms with van der Waals surface area (Å²) in [5.41, 5.74) is 1.79. The molecule has 80 valence electrons. The first-order valence-electron chi connectivity index (χ1n) is 4.67. The summed E-state index contributed by atoms with van der Waals surface area (Å²) in [6.45, 7) is 1.69. The summed E-state index contributed by atoms with van der Waals surface area (Å²) in [5, 5.41) is 16.3. The van der Waals surface area contributed by atoms with Crippen LogP contribution < -0.4 is 0 Å². The van der Waals surface area contributed by atoms with Gasteiger partial charge in [-0.05, 0) is 30.7 Å². The quantitative estimate of drug-likeness (QED) is 0.822. The number of aromatic carboxylic acids is 1. The number of carboxylic acids is 1. The van der Waals surface area contributed by atoms with Crippen LogP contribution in [0.25, 0.3) is 11.4 Å². The van der Waals surface area contributed by atoms with Crippen molar-refractivity contribution in [2.45, 2.75) is 6.92 Å². The van der Waals surface area contributed by atoms with Gasteiger partial charge in [-0.2, -0.15) is 0 Å². The Morgan fingerprint density at radius 1 is 1.25 bits per heavy atom. The monoisotopic (exact) mass is 215 g/mol. The van der Waals surface area contributed by atoms with Gasteiger partial charge in [-0.1, -0.05) is 6.07 Å². The van der Waals surface area contributed by atoms with Crippen molar-refractivity contribution in [1.29, 1.82) is 0 Å². The maximum atomic E-state index is 10.8. The van der Waals surface area contributed by atoms with E-state index in [-0.39, 0.29) is 5.69 Å². The molecule has 0 aliphatic heterocycles. The lowest BCUT2D eigenvalue weighted by Crippen LogP contribution is -2.06. The van der Waals surface area contributed by atoms with Crippen LogP contribution in [0.3, 0.4) is 0 Å². The van der Waals surface area contributed by atoms with Crippen molar-refractivity contribution in [3.63, 3.8) is 0 Å². The van der Waals surface area contributed by atoms with E-state index in [1.54, 1.807) is 31.3 Å². The molecule has 0 bridgehead atoms.